The van der Waals surface area contributed by atoms with E-state index in [1.807, 2.05) is 6.92 Å². The molecule has 5 rings (SSSR count). The van der Waals surface area contributed by atoms with Gasteiger partial charge in [-0.2, -0.15) is 0 Å². The topological polar surface area (TPSA) is 143 Å². The molecule has 0 saturated carbocycles. The molecule has 0 spiro atoms. The van der Waals surface area contributed by atoms with Crippen molar-refractivity contribution in [1.82, 2.24) is 14.8 Å². The van der Waals surface area contributed by atoms with E-state index in [9.17, 15) is 19.5 Å². The number of pyridine rings is 1. The number of aromatic nitrogens is 1. The standard InChI is InChI=1S/C30H33N5O7/c1-18-14-35(19(2)16-36)29(38)22-5-4-6-23(33-28(37)20-9-11-31-12-10-20)27(22)42-26(18)15-34(3)30(39)32-21-7-8-24-25(13-21)41-17-40-24/h4-13,18-19,26,36H,14-17H2,1-3H3,(H,32,39)(H,33,37)/t18-,19-,26+/m1/s1. The van der Waals surface area contributed by atoms with Gasteiger partial charge in [0.05, 0.1) is 30.4 Å². The normalized spacial score (nSPS) is 18.2. The number of hydrogen-bond donors (Lipinski definition) is 3. The third-order valence-corrected chi connectivity index (χ3v) is 7.31. The van der Waals surface area contributed by atoms with Gasteiger partial charge in [-0.05, 0) is 43.3 Å². The molecule has 0 bridgehead atoms. The number of nitrogens with one attached hydrogen (secondary N) is 2. The lowest BCUT2D eigenvalue weighted by Crippen LogP contribution is -2.50. The molecular weight excluding hydrogens is 542 g/mol. The summed E-state index contributed by atoms with van der Waals surface area (Å²) in [5.41, 5.74) is 1.49. The highest BCUT2D eigenvalue weighted by atomic mass is 16.7. The second-order valence-corrected chi connectivity index (χ2v) is 10.4. The van der Waals surface area contributed by atoms with Crippen molar-refractivity contribution in [2.24, 2.45) is 5.92 Å². The van der Waals surface area contributed by atoms with Crippen LogP contribution < -0.4 is 24.8 Å². The summed E-state index contributed by atoms with van der Waals surface area (Å²) in [5.74, 6) is 0.384. The van der Waals surface area contributed by atoms with E-state index in [0.717, 1.165) is 0 Å². The van der Waals surface area contributed by atoms with E-state index in [4.69, 9.17) is 14.2 Å². The molecule has 3 aromatic rings. The minimum atomic E-state index is -0.572. The first kappa shape index (κ1) is 28.7. The molecule has 42 heavy (non-hydrogen) atoms. The zero-order chi connectivity index (χ0) is 29.8. The van der Waals surface area contributed by atoms with Gasteiger partial charge in [0.25, 0.3) is 11.8 Å². The van der Waals surface area contributed by atoms with E-state index in [1.54, 1.807) is 67.4 Å². The Morgan fingerprint density at radius 1 is 1.12 bits per heavy atom. The molecule has 0 fully saturated rings. The summed E-state index contributed by atoms with van der Waals surface area (Å²) in [6, 6.07) is 12.4. The molecule has 2 aliphatic heterocycles. The first-order chi connectivity index (χ1) is 20.2. The predicted molar refractivity (Wildman–Crippen MR) is 154 cm³/mol. The Kier molecular flexibility index (Phi) is 8.43. The minimum Gasteiger partial charge on any atom is -0.485 e. The van der Waals surface area contributed by atoms with Gasteiger partial charge in [0.2, 0.25) is 6.79 Å². The number of anilines is 2. The van der Waals surface area contributed by atoms with Crippen LogP contribution in [0.1, 0.15) is 34.6 Å². The van der Waals surface area contributed by atoms with Crippen molar-refractivity contribution < 1.29 is 33.7 Å². The van der Waals surface area contributed by atoms with Crippen LogP contribution in [0, 0.1) is 5.92 Å². The van der Waals surface area contributed by atoms with E-state index in [1.165, 1.54) is 17.3 Å². The molecule has 220 valence electrons. The van der Waals surface area contributed by atoms with Crippen LogP contribution in [0.2, 0.25) is 0 Å². The van der Waals surface area contributed by atoms with Gasteiger partial charge in [-0.25, -0.2) is 4.79 Å². The smallest absolute Gasteiger partial charge is 0.321 e. The van der Waals surface area contributed by atoms with E-state index in [0.29, 0.717) is 28.4 Å². The molecular formula is C30H33N5O7. The van der Waals surface area contributed by atoms with Gasteiger partial charge in [0.15, 0.2) is 17.2 Å². The van der Waals surface area contributed by atoms with Gasteiger partial charge in [-0.3, -0.25) is 14.6 Å². The molecule has 0 radical (unpaired) electrons. The summed E-state index contributed by atoms with van der Waals surface area (Å²) in [7, 11) is 1.65. The minimum absolute atomic E-state index is 0.129. The van der Waals surface area contributed by atoms with E-state index < -0.39 is 18.1 Å². The number of rotatable bonds is 7. The number of aliphatic hydroxyl groups is 1. The summed E-state index contributed by atoms with van der Waals surface area (Å²) < 4.78 is 17.2. The maximum absolute atomic E-state index is 13.7. The molecule has 2 aliphatic rings. The van der Waals surface area contributed by atoms with Crippen LogP contribution in [-0.4, -0.2) is 83.4 Å². The molecule has 0 saturated heterocycles. The third-order valence-electron chi connectivity index (χ3n) is 7.31. The number of carbonyl (C=O) groups excluding carboxylic acids is 3. The quantitative estimate of drug-likeness (QED) is 0.389. The van der Waals surface area contributed by atoms with Crippen LogP contribution in [0.15, 0.2) is 60.9 Å². The molecule has 1 aromatic heterocycles. The molecule has 3 atom stereocenters. The number of nitrogens with zero attached hydrogens (tertiary/aromatic N) is 3. The second kappa shape index (κ2) is 12.4. The molecule has 0 unspecified atom stereocenters. The van der Waals surface area contributed by atoms with Crippen LogP contribution in [0.25, 0.3) is 0 Å². The first-order valence-corrected chi connectivity index (χ1v) is 13.6. The lowest BCUT2D eigenvalue weighted by molar-refractivity contribution is 0.0372. The van der Waals surface area contributed by atoms with Crippen LogP contribution in [0.5, 0.6) is 17.2 Å². The number of hydrogen-bond acceptors (Lipinski definition) is 8. The molecule has 3 heterocycles. The van der Waals surface area contributed by atoms with Gasteiger partial charge in [-0.15, -0.1) is 0 Å². The number of likely N-dealkylation sites (N-methyl/N-ethyl adjacent to an activating group) is 1. The number of benzene rings is 2. The maximum Gasteiger partial charge on any atom is 0.321 e. The molecule has 12 heteroatoms. The van der Waals surface area contributed by atoms with Crippen LogP contribution >= 0.6 is 0 Å². The largest absolute Gasteiger partial charge is 0.485 e. The molecule has 4 amide bonds. The van der Waals surface area contributed by atoms with Crippen molar-refractivity contribution in [2.45, 2.75) is 26.0 Å². The predicted octanol–water partition coefficient (Wildman–Crippen LogP) is 3.45. The van der Waals surface area contributed by atoms with Crippen molar-refractivity contribution in [3.63, 3.8) is 0 Å². The van der Waals surface area contributed by atoms with E-state index >= 15 is 0 Å². The average Bonchev–Trinajstić information content (AvgIpc) is 3.47. The Morgan fingerprint density at radius 2 is 1.88 bits per heavy atom. The Balaban J connectivity index is 1.41. The summed E-state index contributed by atoms with van der Waals surface area (Å²) in [4.78, 5) is 46.9. The summed E-state index contributed by atoms with van der Waals surface area (Å²) in [6.45, 7) is 4.04. The van der Waals surface area contributed by atoms with Crippen LogP contribution in [0.4, 0.5) is 16.2 Å². The van der Waals surface area contributed by atoms with Crippen molar-refractivity contribution in [1.29, 1.82) is 0 Å². The average molecular weight is 576 g/mol. The lowest BCUT2D eigenvalue weighted by Gasteiger charge is -2.38. The number of ether oxygens (including phenoxy) is 3. The van der Waals surface area contributed by atoms with Crippen LogP contribution in [-0.2, 0) is 0 Å². The van der Waals surface area contributed by atoms with Gasteiger partial charge < -0.3 is 39.8 Å². The van der Waals surface area contributed by atoms with E-state index in [2.05, 4.69) is 15.6 Å². The fraction of sp³-hybridized carbons (Fsp3) is 0.333. The molecule has 12 nitrogen and oxygen atoms in total. The monoisotopic (exact) mass is 575 g/mol. The Morgan fingerprint density at radius 3 is 2.64 bits per heavy atom. The number of urea groups is 1. The molecule has 0 aliphatic carbocycles. The van der Waals surface area contributed by atoms with Gasteiger partial charge in [-0.1, -0.05) is 13.0 Å². The Hall–Kier alpha value is -4.84. The van der Waals surface area contributed by atoms with Gasteiger partial charge in [0, 0.05) is 49.2 Å². The maximum atomic E-state index is 13.7. The van der Waals surface area contributed by atoms with E-state index in [-0.39, 0.29) is 55.7 Å². The Labute approximate surface area is 243 Å². The zero-order valence-corrected chi connectivity index (χ0v) is 23.6. The summed E-state index contributed by atoms with van der Waals surface area (Å²) in [5, 5.41) is 15.6. The summed E-state index contributed by atoms with van der Waals surface area (Å²) >= 11 is 0. The highest BCUT2D eigenvalue weighted by Gasteiger charge is 2.35. The number of aliphatic hydroxyl groups excluding tert-OH is 1. The molecule has 2 aromatic carbocycles. The van der Waals surface area contributed by atoms with Crippen molar-refractivity contribution in [3.8, 4) is 17.2 Å². The molecule has 3 N–H and O–H groups in total. The highest BCUT2D eigenvalue weighted by molar-refractivity contribution is 6.07. The zero-order valence-electron chi connectivity index (χ0n) is 23.6. The SMILES string of the molecule is C[C@@H]1CN([C@H](C)CO)C(=O)c2cccc(NC(=O)c3ccncc3)c2O[C@H]1CN(C)C(=O)Nc1ccc2c(c1)OCO2. The first-order valence-electron chi connectivity index (χ1n) is 13.6. The van der Waals surface area contributed by atoms with Crippen molar-refractivity contribution in [2.75, 3.05) is 44.2 Å². The number of carbonyl (C=O) groups is 3. The lowest BCUT2D eigenvalue weighted by atomic mass is 9.99. The number of para-hydroxylation sites is 1. The fourth-order valence-corrected chi connectivity index (χ4v) is 4.80. The fourth-order valence-electron chi connectivity index (χ4n) is 4.80. The number of fused-ring (bicyclic) bond motifs is 2. The van der Waals surface area contributed by atoms with Crippen molar-refractivity contribution >= 4 is 29.2 Å². The highest BCUT2D eigenvalue weighted by Crippen LogP contribution is 2.36. The van der Waals surface area contributed by atoms with Crippen molar-refractivity contribution in [3.05, 3.63) is 72.1 Å². The summed E-state index contributed by atoms with van der Waals surface area (Å²) in [6.07, 6.45) is 2.46. The van der Waals surface area contributed by atoms with Crippen LogP contribution in [0.3, 0.4) is 0 Å². The number of amides is 4. The second-order valence-electron chi connectivity index (χ2n) is 10.4. The third kappa shape index (κ3) is 6.08. The Bertz CT molecular complexity index is 1470. The van der Waals surface area contributed by atoms with Gasteiger partial charge >= 0.3 is 6.03 Å². The van der Waals surface area contributed by atoms with Gasteiger partial charge in [0.1, 0.15) is 6.10 Å².